The van der Waals surface area contributed by atoms with E-state index in [9.17, 15) is 9.59 Å². The van der Waals surface area contributed by atoms with Crippen LogP contribution in [0.25, 0.3) is 0 Å². The van der Waals surface area contributed by atoms with Gasteiger partial charge in [0.05, 0.1) is 19.9 Å². The van der Waals surface area contributed by atoms with Crippen molar-refractivity contribution in [3.8, 4) is 11.5 Å². The number of carbonyl (C=O) groups excluding carboxylic acids is 2. The molecule has 1 aliphatic rings. The predicted octanol–water partition coefficient (Wildman–Crippen LogP) is 3.05. The SMILES string of the molecule is COc1ccc(NC(=O)C2(C(=O)NCc3ccccc3C)CC2)c(OC)c1. The molecule has 0 heterocycles. The number of benzene rings is 2. The van der Waals surface area contributed by atoms with Gasteiger partial charge in [-0.3, -0.25) is 9.59 Å². The number of ether oxygens (including phenoxy) is 2. The van der Waals surface area contributed by atoms with E-state index in [0.717, 1.165) is 11.1 Å². The highest BCUT2D eigenvalue weighted by Gasteiger charge is 2.56. The van der Waals surface area contributed by atoms with Gasteiger partial charge in [-0.05, 0) is 43.0 Å². The number of amides is 2. The lowest BCUT2D eigenvalue weighted by atomic mass is 10.0. The van der Waals surface area contributed by atoms with E-state index in [2.05, 4.69) is 10.6 Å². The third-order valence-corrected chi connectivity index (χ3v) is 4.98. The molecule has 2 amide bonds. The van der Waals surface area contributed by atoms with Crippen LogP contribution in [0.1, 0.15) is 24.0 Å². The zero-order chi connectivity index (χ0) is 19.4. The number of rotatable bonds is 7. The Morgan fingerprint density at radius 2 is 1.78 bits per heavy atom. The molecule has 3 rings (SSSR count). The largest absolute Gasteiger partial charge is 0.497 e. The minimum absolute atomic E-state index is 0.240. The van der Waals surface area contributed by atoms with Crippen LogP contribution < -0.4 is 20.1 Å². The van der Waals surface area contributed by atoms with Gasteiger partial charge in [0.1, 0.15) is 16.9 Å². The van der Waals surface area contributed by atoms with Crippen LogP contribution in [0.3, 0.4) is 0 Å². The highest BCUT2D eigenvalue weighted by molar-refractivity contribution is 6.13. The first-order chi connectivity index (χ1) is 13.0. The predicted molar refractivity (Wildman–Crippen MR) is 103 cm³/mol. The maximum absolute atomic E-state index is 12.8. The fraction of sp³-hybridized carbons (Fsp3) is 0.333. The maximum atomic E-state index is 12.8. The quantitative estimate of drug-likeness (QED) is 0.737. The van der Waals surface area contributed by atoms with Gasteiger partial charge < -0.3 is 20.1 Å². The molecule has 0 atom stereocenters. The molecule has 27 heavy (non-hydrogen) atoms. The first kappa shape index (κ1) is 18.8. The third kappa shape index (κ3) is 3.89. The molecule has 142 valence electrons. The summed E-state index contributed by atoms with van der Waals surface area (Å²) in [5.41, 5.74) is 1.66. The summed E-state index contributed by atoms with van der Waals surface area (Å²) in [5, 5.41) is 5.73. The normalized spacial score (nSPS) is 14.2. The van der Waals surface area contributed by atoms with Crippen molar-refractivity contribution in [3.63, 3.8) is 0 Å². The maximum Gasteiger partial charge on any atom is 0.240 e. The standard InChI is InChI=1S/C21H24N2O4/c1-14-6-4-5-7-15(14)13-22-19(24)21(10-11-21)20(25)23-17-9-8-16(26-2)12-18(17)27-3/h4-9,12H,10-11,13H2,1-3H3,(H,22,24)(H,23,25). The molecule has 1 saturated carbocycles. The molecular formula is C21H24N2O4. The number of anilines is 1. The summed E-state index contributed by atoms with van der Waals surface area (Å²) in [6.45, 7) is 2.41. The van der Waals surface area contributed by atoms with Crippen LogP contribution in [0.4, 0.5) is 5.69 Å². The van der Waals surface area contributed by atoms with E-state index in [1.807, 2.05) is 31.2 Å². The lowest BCUT2D eigenvalue weighted by molar-refractivity contribution is -0.134. The Labute approximate surface area is 158 Å². The fourth-order valence-corrected chi connectivity index (χ4v) is 2.98. The summed E-state index contributed by atoms with van der Waals surface area (Å²) in [6.07, 6.45) is 1.08. The minimum Gasteiger partial charge on any atom is -0.497 e. The molecule has 0 radical (unpaired) electrons. The number of hydrogen-bond donors (Lipinski definition) is 2. The van der Waals surface area contributed by atoms with Crippen molar-refractivity contribution >= 4 is 17.5 Å². The van der Waals surface area contributed by atoms with Gasteiger partial charge in [0.2, 0.25) is 11.8 Å². The van der Waals surface area contributed by atoms with Gasteiger partial charge in [-0.25, -0.2) is 0 Å². The van der Waals surface area contributed by atoms with Gasteiger partial charge >= 0.3 is 0 Å². The van der Waals surface area contributed by atoms with E-state index in [1.165, 1.54) is 7.11 Å². The Hall–Kier alpha value is -3.02. The average molecular weight is 368 g/mol. The van der Waals surface area contributed by atoms with Gasteiger partial charge in [0.25, 0.3) is 0 Å². The second kappa shape index (κ2) is 7.70. The molecule has 0 bridgehead atoms. The molecule has 2 aromatic carbocycles. The van der Waals surface area contributed by atoms with Crippen molar-refractivity contribution in [2.45, 2.75) is 26.3 Å². The molecule has 0 unspecified atom stereocenters. The van der Waals surface area contributed by atoms with Crippen LogP contribution in [0.5, 0.6) is 11.5 Å². The molecule has 1 aliphatic carbocycles. The van der Waals surface area contributed by atoms with Crippen LogP contribution >= 0.6 is 0 Å². The third-order valence-electron chi connectivity index (χ3n) is 4.98. The van der Waals surface area contributed by atoms with E-state index < -0.39 is 5.41 Å². The summed E-state index contributed by atoms with van der Waals surface area (Å²) < 4.78 is 10.5. The Bertz CT molecular complexity index is 859. The number of aryl methyl sites for hydroxylation is 1. The summed E-state index contributed by atoms with van der Waals surface area (Å²) in [4.78, 5) is 25.5. The van der Waals surface area contributed by atoms with Gasteiger partial charge in [0.15, 0.2) is 0 Å². The Morgan fingerprint density at radius 3 is 2.41 bits per heavy atom. The van der Waals surface area contributed by atoms with Gasteiger partial charge in [-0.15, -0.1) is 0 Å². The summed E-state index contributed by atoms with van der Waals surface area (Å²) in [5.74, 6) is 0.560. The lowest BCUT2D eigenvalue weighted by Gasteiger charge is -2.17. The molecular weight excluding hydrogens is 344 g/mol. The number of methoxy groups -OCH3 is 2. The second-order valence-corrected chi connectivity index (χ2v) is 6.71. The Morgan fingerprint density at radius 1 is 1.04 bits per heavy atom. The molecule has 1 fully saturated rings. The van der Waals surface area contributed by atoms with Crippen molar-refractivity contribution in [1.29, 1.82) is 0 Å². The highest BCUT2D eigenvalue weighted by atomic mass is 16.5. The zero-order valence-electron chi connectivity index (χ0n) is 15.8. The second-order valence-electron chi connectivity index (χ2n) is 6.71. The highest BCUT2D eigenvalue weighted by Crippen LogP contribution is 2.47. The molecule has 0 saturated heterocycles. The van der Waals surface area contributed by atoms with Crippen molar-refractivity contribution in [2.24, 2.45) is 5.41 Å². The van der Waals surface area contributed by atoms with Crippen LogP contribution in [-0.4, -0.2) is 26.0 Å². The Balaban J connectivity index is 1.67. The molecule has 2 N–H and O–H groups in total. The minimum atomic E-state index is -1.01. The van der Waals surface area contributed by atoms with Crippen molar-refractivity contribution in [1.82, 2.24) is 5.32 Å². The molecule has 0 aromatic heterocycles. The molecule has 2 aromatic rings. The van der Waals surface area contributed by atoms with Crippen LogP contribution in [-0.2, 0) is 16.1 Å². The van der Waals surface area contributed by atoms with Crippen LogP contribution in [0.2, 0.25) is 0 Å². The number of nitrogens with one attached hydrogen (secondary N) is 2. The molecule has 6 nitrogen and oxygen atoms in total. The van der Waals surface area contributed by atoms with Gasteiger partial charge in [-0.1, -0.05) is 24.3 Å². The first-order valence-corrected chi connectivity index (χ1v) is 8.86. The van der Waals surface area contributed by atoms with E-state index in [-0.39, 0.29) is 11.8 Å². The van der Waals surface area contributed by atoms with E-state index in [1.54, 1.807) is 25.3 Å². The van der Waals surface area contributed by atoms with Crippen LogP contribution in [0.15, 0.2) is 42.5 Å². The summed E-state index contributed by atoms with van der Waals surface area (Å²) >= 11 is 0. The van der Waals surface area contributed by atoms with E-state index in [0.29, 0.717) is 36.6 Å². The smallest absolute Gasteiger partial charge is 0.240 e. The van der Waals surface area contributed by atoms with E-state index >= 15 is 0 Å². The van der Waals surface area contributed by atoms with Gasteiger partial charge in [0, 0.05) is 12.6 Å². The topological polar surface area (TPSA) is 76.7 Å². The van der Waals surface area contributed by atoms with Crippen molar-refractivity contribution in [3.05, 3.63) is 53.6 Å². The lowest BCUT2D eigenvalue weighted by Crippen LogP contribution is -2.39. The molecule has 0 spiro atoms. The molecule has 6 heteroatoms. The Kier molecular flexibility index (Phi) is 5.35. The average Bonchev–Trinajstić information content (AvgIpc) is 3.49. The number of hydrogen-bond acceptors (Lipinski definition) is 4. The van der Waals surface area contributed by atoms with E-state index in [4.69, 9.17) is 9.47 Å². The molecule has 0 aliphatic heterocycles. The van der Waals surface area contributed by atoms with Crippen molar-refractivity contribution in [2.75, 3.05) is 19.5 Å². The zero-order valence-corrected chi connectivity index (χ0v) is 15.8. The number of carbonyl (C=O) groups is 2. The summed E-state index contributed by atoms with van der Waals surface area (Å²) in [6, 6.07) is 13.0. The van der Waals surface area contributed by atoms with Gasteiger partial charge in [-0.2, -0.15) is 0 Å². The summed E-state index contributed by atoms with van der Waals surface area (Å²) in [7, 11) is 3.08. The van der Waals surface area contributed by atoms with Crippen LogP contribution in [0, 0.1) is 12.3 Å². The monoisotopic (exact) mass is 368 g/mol. The fourth-order valence-electron chi connectivity index (χ4n) is 2.98. The van der Waals surface area contributed by atoms with Crippen molar-refractivity contribution < 1.29 is 19.1 Å². The first-order valence-electron chi connectivity index (χ1n) is 8.86.